The molecule has 0 saturated carbocycles. The van der Waals surface area contributed by atoms with Gasteiger partial charge in [-0.15, -0.1) is 0 Å². The average molecular weight is 334 g/mol. The largest absolute Gasteiger partial charge is 0.448 e. The second-order valence-electron chi connectivity index (χ2n) is 6.32. The molecule has 1 heterocycles. The minimum absolute atomic E-state index is 0.322. The Balaban J connectivity index is 1.83. The monoisotopic (exact) mass is 334 g/mol. The van der Waals surface area contributed by atoms with Crippen molar-refractivity contribution in [1.82, 2.24) is 0 Å². The molecule has 1 unspecified atom stereocenters. The van der Waals surface area contributed by atoms with Gasteiger partial charge >= 0.3 is 5.97 Å². The first-order valence-corrected chi connectivity index (χ1v) is 8.13. The minimum atomic E-state index is -0.908. The van der Waals surface area contributed by atoms with Crippen molar-refractivity contribution in [2.75, 3.05) is 5.32 Å². The summed E-state index contributed by atoms with van der Waals surface area (Å²) in [6, 6.07) is 14.4. The molecule has 0 bridgehead atoms. The molecule has 2 aromatic rings. The van der Waals surface area contributed by atoms with Crippen molar-refractivity contribution >= 4 is 17.6 Å². The van der Waals surface area contributed by atoms with E-state index in [-0.39, 0.29) is 0 Å². The summed E-state index contributed by atoms with van der Waals surface area (Å²) >= 11 is 0. The van der Waals surface area contributed by atoms with E-state index in [0.29, 0.717) is 29.2 Å². The number of nitrogens with zero attached hydrogens (tertiary/aromatic N) is 1. The maximum Gasteiger partial charge on any atom is 0.339 e. The van der Waals surface area contributed by atoms with Gasteiger partial charge in [0.2, 0.25) is 0 Å². The van der Waals surface area contributed by atoms with Crippen LogP contribution in [0.25, 0.3) is 0 Å². The van der Waals surface area contributed by atoms with Crippen LogP contribution in [0, 0.1) is 11.3 Å². The Morgan fingerprint density at radius 2 is 2.04 bits per heavy atom. The fourth-order valence-corrected chi connectivity index (χ4v) is 2.82. The first-order valence-electron chi connectivity index (χ1n) is 8.13. The summed E-state index contributed by atoms with van der Waals surface area (Å²) in [7, 11) is 0. The van der Waals surface area contributed by atoms with Gasteiger partial charge in [0.1, 0.15) is 6.07 Å². The highest BCUT2D eigenvalue weighted by Gasteiger charge is 2.31. The van der Waals surface area contributed by atoms with Crippen LogP contribution in [-0.2, 0) is 16.0 Å². The third kappa shape index (κ3) is 3.38. The van der Waals surface area contributed by atoms with E-state index in [1.165, 1.54) is 0 Å². The Morgan fingerprint density at radius 3 is 2.76 bits per heavy atom. The van der Waals surface area contributed by atoms with Crippen molar-refractivity contribution in [2.45, 2.75) is 32.3 Å². The molecule has 126 valence electrons. The number of para-hydroxylation sites is 1. The summed E-state index contributed by atoms with van der Waals surface area (Å²) in [5.41, 5.74) is 3.21. The lowest BCUT2D eigenvalue weighted by molar-refractivity contribution is -0.125. The third-order valence-electron chi connectivity index (χ3n) is 4.27. The number of cyclic esters (lactones) is 1. The number of nitriles is 1. The first kappa shape index (κ1) is 16.7. The summed E-state index contributed by atoms with van der Waals surface area (Å²) in [5.74, 6) is -0.597. The van der Waals surface area contributed by atoms with Crippen LogP contribution < -0.4 is 5.32 Å². The Morgan fingerprint density at radius 1 is 1.28 bits per heavy atom. The third-order valence-corrected chi connectivity index (χ3v) is 4.27. The Hall–Kier alpha value is -3.13. The molecule has 5 nitrogen and oxygen atoms in total. The number of anilines is 1. The van der Waals surface area contributed by atoms with Crippen molar-refractivity contribution < 1.29 is 14.3 Å². The summed E-state index contributed by atoms with van der Waals surface area (Å²) in [6.45, 7) is 4.15. The van der Waals surface area contributed by atoms with Crippen molar-refractivity contribution in [3.8, 4) is 6.07 Å². The highest BCUT2D eigenvalue weighted by Crippen LogP contribution is 2.26. The van der Waals surface area contributed by atoms with E-state index in [1.807, 2.05) is 18.2 Å². The van der Waals surface area contributed by atoms with Crippen molar-refractivity contribution in [3.05, 3.63) is 64.7 Å². The molecular weight excluding hydrogens is 316 g/mol. The fourth-order valence-electron chi connectivity index (χ4n) is 2.82. The zero-order valence-corrected chi connectivity index (χ0v) is 14.1. The van der Waals surface area contributed by atoms with Crippen LogP contribution in [0.3, 0.4) is 0 Å². The number of carbonyl (C=O) groups is 2. The SMILES string of the molecule is CC(C)c1ccc2c(c1)CC(C(=O)Nc1ccccc1C#N)OC2=O. The molecule has 0 fully saturated rings. The number of rotatable bonds is 3. The maximum absolute atomic E-state index is 12.5. The van der Waals surface area contributed by atoms with Crippen LogP contribution in [-0.4, -0.2) is 18.0 Å². The molecule has 0 saturated heterocycles. The molecular formula is C20H18N2O3. The van der Waals surface area contributed by atoms with E-state index in [9.17, 15) is 9.59 Å². The second kappa shape index (κ2) is 6.78. The fraction of sp³-hybridized carbons (Fsp3) is 0.250. The molecule has 1 aliphatic heterocycles. The molecule has 0 aromatic heterocycles. The van der Waals surface area contributed by atoms with Gasteiger partial charge in [-0.05, 0) is 35.2 Å². The van der Waals surface area contributed by atoms with Crippen LogP contribution in [0.2, 0.25) is 0 Å². The normalized spacial score (nSPS) is 15.9. The molecule has 2 aromatic carbocycles. The molecule has 1 N–H and O–H groups in total. The van der Waals surface area contributed by atoms with Gasteiger partial charge < -0.3 is 10.1 Å². The lowest BCUT2D eigenvalue weighted by Crippen LogP contribution is -2.38. The van der Waals surface area contributed by atoms with Crippen LogP contribution >= 0.6 is 0 Å². The Labute approximate surface area is 146 Å². The number of hydrogen-bond donors (Lipinski definition) is 1. The van der Waals surface area contributed by atoms with E-state index in [1.54, 1.807) is 30.3 Å². The number of hydrogen-bond acceptors (Lipinski definition) is 4. The van der Waals surface area contributed by atoms with E-state index in [2.05, 4.69) is 19.2 Å². The predicted molar refractivity (Wildman–Crippen MR) is 93.2 cm³/mol. The summed E-state index contributed by atoms with van der Waals surface area (Å²) in [5, 5.41) is 11.8. The quantitative estimate of drug-likeness (QED) is 0.873. The highest BCUT2D eigenvalue weighted by molar-refractivity contribution is 6.00. The zero-order valence-electron chi connectivity index (χ0n) is 14.1. The van der Waals surface area contributed by atoms with Gasteiger partial charge in [0.15, 0.2) is 6.10 Å². The summed E-state index contributed by atoms with van der Waals surface area (Å²) < 4.78 is 5.29. The van der Waals surface area contributed by atoms with Gasteiger partial charge in [0.05, 0.1) is 16.8 Å². The van der Waals surface area contributed by atoms with Crippen molar-refractivity contribution in [3.63, 3.8) is 0 Å². The number of nitrogens with one attached hydrogen (secondary N) is 1. The zero-order chi connectivity index (χ0) is 18.0. The molecule has 1 aliphatic rings. The topological polar surface area (TPSA) is 79.2 Å². The van der Waals surface area contributed by atoms with E-state index in [0.717, 1.165) is 11.1 Å². The van der Waals surface area contributed by atoms with Gasteiger partial charge in [0, 0.05) is 6.42 Å². The second-order valence-corrected chi connectivity index (χ2v) is 6.32. The molecule has 1 atom stereocenters. The summed E-state index contributed by atoms with van der Waals surface area (Å²) in [4.78, 5) is 24.7. The lowest BCUT2D eigenvalue weighted by atomic mass is 9.92. The van der Waals surface area contributed by atoms with E-state index >= 15 is 0 Å². The Bertz CT molecular complexity index is 881. The van der Waals surface area contributed by atoms with Gasteiger partial charge in [-0.1, -0.05) is 38.1 Å². The number of fused-ring (bicyclic) bond motifs is 1. The van der Waals surface area contributed by atoms with Crippen molar-refractivity contribution in [2.24, 2.45) is 0 Å². The molecule has 3 rings (SSSR count). The molecule has 5 heteroatoms. The average Bonchev–Trinajstić information content (AvgIpc) is 2.61. The van der Waals surface area contributed by atoms with Crippen molar-refractivity contribution in [1.29, 1.82) is 5.26 Å². The number of ether oxygens (including phenoxy) is 1. The van der Waals surface area contributed by atoms with Crippen LogP contribution in [0.1, 0.15) is 46.8 Å². The number of carbonyl (C=O) groups excluding carboxylic acids is 2. The van der Waals surface area contributed by atoms with Gasteiger partial charge in [-0.25, -0.2) is 4.79 Å². The predicted octanol–water partition coefficient (Wildman–Crippen LogP) is 3.40. The number of amides is 1. The molecule has 1 amide bonds. The van der Waals surface area contributed by atoms with Gasteiger partial charge in [-0.3, -0.25) is 4.79 Å². The number of benzene rings is 2. The van der Waals surface area contributed by atoms with E-state index in [4.69, 9.17) is 10.00 Å². The maximum atomic E-state index is 12.5. The smallest absolute Gasteiger partial charge is 0.339 e. The Kier molecular flexibility index (Phi) is 4.53. The van der Waals surface area contributed by atoms with E-state index < -0.39 is 18.0 Å². The molecule has 0 spiro atoms. The lowest BCUT2D eigenvalue weighted by Gasteiger charge is -2.25. The standard InChI is InChI=1S/C20H18N2O3/c1-12(2)13-7-8-16-15(9-13)10-18(25-20(16)24)19(23)22-17-6-4-3-5-14(17)11-21/h3-9,12,18H,10H2,1-2H3,(H,22,23). The first-order chi connectivity index (χ1) is 12.0. The highest BCUT2D eigenvalue weighted by atomic mass is 16.5. The molecule has 25 heavy (non-hydrogen) atoms. The van der Waals surface area contributed by atoms with Crippen LogP contribution in [0.5, 0.6) is 0 Å². The molecule has 0 aliphatic carbocycles. The van der Waals surface area contributed by atoms with Crippen LogP contribution in [0.15, 0.2) is 42.5 Å². The molecule has 0 radical (unpaired) electrons. The van der Waals surface area contributed by atoms with Gasteiger partial charge in [-0.2, -0.15) is 5.26 Å². The van der Waals surface area contributed by atoms with Gasteiger partial charge in [0.25, 0.3) is 5.91 Å². The minimum Gasteiger partial charge on any atom is -0.448 e. The number of esters is 1. The van der Waals surface area contributed by atoms with Crippen LogP contribution in [0.4, 0.5) is 5.69 Å². The summed E-state index contributed by atoms with van der Waals surface area (Å²) in [6.07, 6.45) is -0.587.